The summed E-state index contributed by atoms with van der Waals surface area (Å²) >= 11 is 0. The van der Waals surface area contributed by atoms with Crippen molar-refractivity contribution in [2.45, 2.75) is 43.8 Å². The zero-order valence-corrected chi connectivity index (χ0v) is 23.6. The lowest BCUT2D eigenvalue weighted by atomic mass is 9.73. The largest absolute Gasteiger partial charge is 0.481 e. The molecule has 0 spiro atoms. The highest BCUT2D eigenvalue weighted by Crippen LogP contribution is 2.31. The molecule has 5 atom stereocenters. The van der Waals surface area contributed by atoms with E-state index in [0.717, 1.165) is 27.6 Å². The van der Waals surface area contributed by atoms with Crippen LogP contribution in [0.4, 0.5) is 0 Å². The molecule has 1 aliphatic carbocycles. The standard InChI is InChI=1S/C34H34N4O5/c39-31-26-17-24(14-15-29(26)36-19-27(31)34(42)43)37-33(41)30(16-23-18-35-28-9-5-4-8-25(23)28)38-32(40)22-12-10-21(11-13-22)20-6-2-1-3-7-20/h1-13,18,24,26-27,29-30,35-36H,14-17,19H2,(H,37,41)(H,38,40)(H,42,43)/t24?,26?,27?,29?,30-/m0/s1. The molecule has 2 amide bonds. The van der Waals surface area contributed by atoms with E-state index in [0.29, 0.717) is 24.8 Å². The molecule has 9 heteroatoms. The van der Waals surface area contributed by atoms with Gasteiger partial charge in [0, 0.05) is 53.6 Å². The maximum absolute atomic E-state index is 13.8. The van der Waals surface area contributed by atoms with E-state index in [9.17, 15) is 24.3 Å². The number of amides is 2. The van der Waals surface area contributed by atoms with Gasteiger partial charge in [-0.2, -0.15) is 0 Å². The number of rotatable bonds is 8. The van der Waals surface area contributed by atoms with Gasteiger partial charge in [0.2, 0.25) is 5.91 Å². The Morgan fingerprint density at radius 3 is 2.40 bits per heavy atom. The molecule has 4 aromatic rings. The van der Waals surface area contributed by atoms with Gasteiger partial charge in [0.05, 0.1) is 0 Å². The fraction of sp³-hybridized carbons (Fsp3) is 0.294. The highest BCUT2D eigenvalue weighted by molar-refractivity contribution is 6.01. The lowest BCUT2D eigenvalue weighted by Gasteiger charge is -2.41. The zero-order chi connectivity index (χ0) is 29.9. The van der Waals surface area contributed by atoms with Crippen molar-refractivity contribution in [3.63, 3.8) is 0 Å². The minimum atomic E-state index is -1.12. The Balaban J connectivity index is 1.19. The predicted molar refractivity (Wildman–Crippen MR) is 162 cm³/mol. The van der Waals surface area contributed by atoms with Crippen molar-refractivity contribution in [3.8, 4) is 11.1 Å². The van der Waals surface area contributed by atoms with Crippen LogP contribution >= 0.6 is 0 Å². The molecule has 0 radical (unpaired) electrons. The van der Waals surface area contributed by atoms with Crippen molar-refractivity contribution in [2.24, 2.45) is 11.8 Å². The minimum absolute atomic E-state index is 0.0863. The van der Waals surface area contributed by atoms with Crippen molar-refractivity contribution in [1.29, 1.82) is 0 Å². The van der Waals surface area contributed by atoms with Crippen LogP contribution in [0.5, 0.6) is 0 Å². The molecule has 5 N–H and O–H groups in total. The maximum atomic E-state index is 13.8. The normalized spacial score (nSPS) is 22.4. The number of para-hydroxylation sites is 1. The van der Waals surface area contributed by atoms with Crippen molar-refractivity contribution in [1.82, 2.24) is 20.9 Å². The van der Waals surface area contributed by atoms with E-state index in [1.54, 1.807) is 12.1 Å². The third kappa shape index (κ3) is 6.08. The Labute approximate surface area is 249 Å². The summed E-state index contributed by atoms with van der Waals surface area (Å²) in [5.74, 6) is -3.65. The Kier molecular flexibility index (Phi) is 8.07. The second-order valence-electron chi connectivity index (χ2n) is 11.5. The monoisotopic (exact) mass is 578 g/mol. The van der Waals surface area contributed by atoms with Gasteiger partial charge in [-0.05, 0) is 54.2 Å². The number of carboxylic acids is 1. The number of piperidine rings is 1. The van der Waals surface area contributed by atoms with Crippen molar-refractivity contribution < 1.29 is 24.3 Å². The van der Waals surface area contributed by atoms with Crippen LogP contribution in [0, 0.1) is 11.8 Å². The van der Waals surface area contributed by atoms with Crippen LogP contribution in [-0.4, -0.2) is 58.3 Å². The highest BCUT2D eigenvalue weighted by Gasteiger charge is 2.44. The number of aromatic nitrogens is 1. The molecule has 6 rings (SSSR count). The number of benzene rings is 3. The molecule has 1 aliphatic heterocycles. The summed E-state index contributed by atoms with van der Waals surface area (Å²) in [6.07, 6.45) is 3.79. The van der Waals surface area contributed by atoms with Crippen LogP contribution in [0.25, 0.3) is 22.0 Å². The van der Waals surface area contributed by atoms with Crippen LogP contribution in [0.15, 0.2) is 85.1 Å². The van der Waals surface area contributed by atoms with E-state index in [1.165, 1.54) is 0 Å². The maximum Gasteiger partial charge on any atom is 0.315 e. The highest BCUT2D eigenvalue weighted by atomic mass is 16.4. The molecule has 3 aromatic carbocycles. The lowest BCUT2D eigenvalue weighted by Crippen LogP contribution is -2.59. The number of carbonyl (C=O) groups excluding carboxylic acids is 3. The third-order valence-electron chi connectivity index (χ3n) is 8.76. The first-order valence-corrected chi connectivity index (χ1v) is 14.7. The molecular formula is C34H34N4O5. The number of carbonyl (C=O) groups is 4. The quantitative estimate of drug-likeness (QED) is 0.202. The summed E-state index contributed by atoms with van der Waals surface area (Å²) in [6.45, 7) is 0.136. The summed E-state index contributed by atoms with van der Waals surface area (Å²) in [5, 5.41) is 19.7. The summed E-state index contributed by atoms with van der Waals surface area (Å²) in [7, 11) is 0. The van der Waals surface area contributed by atoms with Gasteiger partial charge in [0.1, 0.15) is 12.0 Å². The number of H-pyrrole nitrogens is 1. The smallest absolute Gasteiger partial charge is 0.315 e. The number of ketones is 1. The van der Waals surface area contributed by atoms with E-state index < -0.39 is 23.8 Å². The number of hydrogen-bond acceptors (Lipinski definition) is 5. The number of fused-ring (bicyclic) bond motifs is 2. The van der Waals surface area contributed by atoms with Crippen LogP contribution in [-0.2, 0) is 20.8 Å². The Bertz CT molecular complexity index is 1650. The van der Waals surface area contributed by atoms with E-state index in [1.807, 2.05) is 72.9 Å². The molecular weight excluding hydrogens is 544 g/mol. The number of nitrogens with one attached hydrogen (secondary N) is 4. The summed E-state index contributed by atoms with van der Waals surface area (Å²) in [4.78, 5) is 54.9. The minimum Gasteiger partial charge on any atom is -0.481 e. The molecule has 1 aromatic heterocycles. The number of aliphatic carboxylic acids is 1. The van der Waals surface area contributed by atoms with Crippen molar-refractivity contribution in [2.75, 3.05) is 6.54 Å². The Morgan fingerprint density at radius 1 is 0.907 bits per heavy atom. The molecule has 4 unspecified atom stereocenters. The molecule has 1 saturated heterocycles. The molecule has 1 saturated carbocycles. The topological polar surface area (TPSA) is 140 Å². The second-order valence-corrected chi connectivity index (χ2v) is 11.5. The van der Waals surface area contributed by atoms with E-state index >= 15 is 0 Å². The number of carboxylic acid groups (broad SMARTS) is 1. The fourth-order valence-corrected chi connectivity index (χ4v) is 6.42. The molecule has 9 nitrogen and oxygen atoms in total. The van der Waals surface area contributed by atoms with Crippen LogP contribution in [0.2, 0.25) is 0 Å². The molecule has 43 heavy (non-hydrogen) atoms. The zero-order valence-electron chi connectivity index (χ0n) is 23.6. The molecule has 2 aliphatic rings. The van der Waals surface area contributed by atoms with E-state index in [-0.39, 0.29) is 42.6 Å². The third-order valence-corrected chi connectivity index (χ3v) is 8.76. The van der Waals surface area contributed by atoms with Gasteiger partial charge in [-0.3, -0.25) is 19.2 Å². The fourth-order valence-electron chi connectivity index (χ4n) is 6.42. The summed E-state index contributed by atoms with van der Waals surface area (Å²) in [5.41, 5.74) is 4.31. The average molecular weight is 579 g/mol. The lowest BCUT2D eigenvalue weighted by molar-refractivity contribution is -0.150. The Morgan fingerprint density at radius 2 is 1.63 bits per heavy atom. The van der Waals surface area contributed by atoms with Gasteiger partial charge < -0.3 is 26.0 Å². The SMILES string of the molecule is O=C(N[C@@H](Cc1c[nH]c2ccccc12)C(=O)NC1CCC2NCC(C(=O)O)C(=O)C2C1)c1ccc(-c2ccccc2)cc1. The van der Waals surface area contributed by atoms with E-state index in [2.05, 4.69) is 20.9 Å². The second kappa shape index (κ2) is 12.2. The molecule has 2 heterocycles. The molecule has 220 valence electrons. The van der Waals surface area contributed by atoms with Crippen LogP contribution in [0.3, 0.4) is 0 Å². The Hall–Kier alpha value is -4.76. The number of Topliss-reactive ketones (excluding diaryl/α,β-unsaturated/α-hetero) is 1. The molecule has 2 fully saturated rings. The number of hydrogen-bond donors (Lipinski definition) is 5. The van der Waals surface area contributed by atoms with Crippen molar-refractivity contribution >= 4 is 34.5 Å². The van der Waals surface area contributed by atoms with Crippen LogP contribution < -0.4 is 16.0 Å². The van der Waals surface area contributed by atoms with Gasteiger partial charge >= 0.3 is 5.97 Å². The summed E-state index contributed by atoms with van der Waals surface area (Å²) in [6, 6.07) is 23.7. The van der Waals surface area contributed by atoms with Crippen molar-refractivity contribution in [3.05, 3.63) is 96.2 Å². The predicted octanol–water partition coefficient (Wildman–Crippen LogP) is 3.70. The van der Waals surface area contributed by atoms with Crippen LogP contribution in [0.1, 0.15) is 35.2 Å². The molecule has 0 bridgehead atoms. The van der Waals surface area contributed by atoms with Gasteiger partial charge in [0.15, 0.2) is 5.78 Å². The first-order valence-electron chi connectivity index (χ1n) is 14.7. The first-order chi connectivity index (χ1) is 20.9. The first kappa shape index (κ1) is 28.4. The average Bonchev–Trinajstić information content (AvgIpc) is 3.44. The van der Waals surface area contributed by atoms with E-state index in [4.69, 9.17) is 0 Å². The van der Waals surface area contributed by atoms with Gasteiger partial charge in [-0.1, -0.05) is 60.7 Å². The summed E-state index contributed by atoms with van der Waals surface area (Å²) < 4.78 is 0. The van der Waals surface area contributed by atoms with Gasteiger partial charge in [-0.25, -0.2) is 0 Å². The number of aromatic amines is 1. The van der Waals surface area contributed by atoms with Gasteiger partial charge in [-0.15, -0.1) is 0 Å². The van der Waals surface area contributed by atoms with Gasteiger partial charge in [0.25, 0.3) is 5.91 Å².